The number of fused-ring (bicyclic) bond motifs is 1. The van der Waals surface area contributed by atoms with E-state index in [2.05, 4.69) is 0 Å². The van der Waals surface area contributed by atoms with Gasteiger partial charge in [0.05, 0.1) is 0 Å². The maximum atomic E-state index is 11.8. The van der Waals surface area contributed by atoms with Crippen molar-refractivity contribution in [2.75, 3.05) is 13.7 Å². The van der Waals surface area contributed by atoms with Crippen molar-refractivity contribution in [1.29, 1.82) is 0 Å². The minimum absolute atomic E-state index is 0.147. The second-order valence-corrected chi connectivity index (χ2v) is 3.56. The smallest absolute Gasteiger partial charge is 0.329 e. The first-order valence-corrected chi connectivity index (χ1v) is 4.80. The van der Waals surface area contributed by atoms with Crippen LogP contribution in [0.25, 0.3) is 0 Å². The summed E-state index contributed by atoms with van der Waals surface area (Å²) < 4.78 is 5.18. The molecule has 0 aromatic heterocycles. The molecule has 1 atom stereocenters. The van der Waals surface area contributed by atoms with E-state index < -0.39 is 18.8 Å². The Kier molecular flexibility index (Phi) is 2.62. The van der Waals surface area contributed by atoms with Crippen molar-refractivity contribution >= 4 is 11.9 Å². The highest BCUT2D eigenvalue weighted by Crippen LogP contribution is 2.32. The fourth-order valence-corrected chi connectivity index (χ4v) is 1.76. The molecule has 84 valence electrons. The largest absolute Gasteiger partial charge is 0.480 e. The summed E-state index contributed by atoms with van der Waals surface area (Å²) in [4.78, 5) is 23.6. The monoisotopic (exact) mass is 221 g/mol. The summed E-state index contributed by atoms with van der Waals surface area (Å²) in [5.74, 6) is -1.20. The number of ether oxygens (including phenoxy) is 1. The van der Waals surface area contributed by atoms with Crippen LogP contribution in [-0.2, 0) is 9.53 Å². The van der Waals surface area contributed by atoms with Crippen LogP contribution in [0.2, 0.25) is 0 Å². The average molecular weight is 221 g/mol. The van der Waals surface area contributed by atoms with Gasteiger partial charge in [-0.1, -0.05) is 18.2 Å². The van der Waals surface area contributed by atoms with Crippen molar-refractivity contribution in [2.45, 2.75) is 6.23 Å². The van der Waals surface area contributed by atoms with Crippen LogP contribution in [0.4, 0.5) is 0 Å². The number of aliphatic carboxylic acids is 1. The standard InChI is InChI=1S/C11H11NO4/c1-12-10(15)7-4-2-3-5-8(7)11(12)16-6-9(13)14/h2-5,11H,6H2,1H3,(H,13,14)/t11-/m1/s1. The summed E-state index contributed by atoms with van der Waals surface area (Å²) in [5, 5.41) is 8.55. The summed E-state index contributed by atoms with van der Waals surface area (Å²) in [7, 11) is 1.59. The van der Waals surface area contributed by atoms with Crippen LogP contribution in [0.5, 0.6) is 0 Å². The number of hydrogen-bond donors (Lipinski definition) is 1. The van der Waals surface area contributed by atoms with Gasteiger partial charge in [-0.05, 0) is 6.07 Å². The lowest BCUT2D eigenvalue weighted by Crippen LogP contribution is -2.26. The number of benzene rings is 1. The zero-order valence-corrected chi connectivity index (χ0v) is 8.71. The van der Waals surface area contributed by atoms with Crippen LogP contribution in [0, 0.1) is 0 Å². The van der Waals surface area contributed by atoms with Gasteiger partial charge in [0, 0.05) is 18.2 Å². The number of rotatable bonds is 3. The zero-order valence-electron chi connectivity index (χ0n) is 8.71. The molecule has 1 amide bonds. The molecule has 5 nitrogen and oxygen atoms in total. The molecule has 1 aromatic carbocycles. The quantitative estimate of drug-likeness (QED) is 0.822. The van der Waals surface area contributed by atoms with Crippen molar-refractivity contribution in [2.24, 2.45) is 0 Å². The first-order chi connectivity index (χ1) is 7.61. The average Bonchev–Trinajstić information content (AvgIpc) is 2.50. The molecule has 0 saturated carbocycles. The van der Waals surface area contributed by atoms with Gasteiger partial charge in [-0.15, -0.1) is 0 Å². The van der Waals surface area contributed by atoms with Crippen LogP contribution in [0.1, 0.15) is 22.1 Å². The van der Waals surface area contributed by atoms with Crippen LogP contribution in [-0.4, -0.2) is 35.5 Å². The molecule has 0 fully saturated rings. The van der Waals surface area contributed by atoms with E-state index in [1.54, 1.807) is 31.3 Å². The molecule has 1 heterocycles. The van der Waals surface area contributed by atoms with Gasteiger partial charge in [0.25, 0.3) is 5.91 Å². The molecular formula is C11H11NO4. The molecular weight excluding hydrogens is 210 g/mol. The molecule has 16 heavy (non-hydrogen) atoms. The number of hydrogen-bond acceptors (Lipinski definition) is 3. The number of nitrogens with zero attached hydrogens (tertiary/aromatic N) is 1. The third-order valence-corrected chi connectivity index (χ3v) is 2.49. The Hall–Kier alpha value is -1.88. The molecule has 1 N–H and O–H groups in total. The van der Waals surface area contributed by atoms with Crippen LogP contribution in [0.3, 0.4) is 0 Å². The van der Waals surface area contributed by atoms with Gasteiger partial charge in [-0.25, -0.2) is 4.79 Å². The van der Waals surface area contributed by atoms with Crippen molar-refractivity contribution < 1.29 is 19.4 Å². The summed E-state index contributed by atoms with van der Waals surface area (Å²) in [6.07, 6.45) is -0.597. The number of carbonyl (C=O) groups is 2. The van der Waals surface area contributed by atoms with Gasteiger partial charge < -0.3 is 14.7 Å². The Morgan fingerprint density at radius 3 is 2.88 bits per heavy atom. The van der Waals surface area contributed by atoms with Gasteiger partial charge >= 0.3 is 5.97 Å². The normalized spacial score (nSPS) is 18.7. The predicted octanol–water partition coefficient (Wildman–Crippen LogP) is 0.872. The lowest BCUT2D eigenvalue weighted by Gasteiger charge is -2.19. The van der Waals surface area contributed by atoms with E-state index in [1.807, 2.05) is 0 Å². The van der Waals surface area contributed by atoms with E-state index in [4.69, 9.17) is 9.84 Å². The van der Waals surface area contributed by atoms with E-state index >= 15 is 0 Å². The maximum absolute atomic E-state index is 11.8. The number of amides is 1. The number of carbonyl (C=O) groups excluding carboxylic acids is 1. The topological polar surface area (TPSA) is 66.8 Å². The molecule has 0 spiro atoms. The van der Waals surface area contributed by atoms with Gasteiger partial charge in [0.2, 0.25) is 0 Å². The van der Waals surface area contributed by atoms with E-state index in [-0.39, 0.29) is 5.91 Å². The first-order valence-electron chi connectivity index (χ1n) is 4.80. The third-order valence-electron chi connectivity index (χ3n) is 2.49. The van der Waals surface area contributed by atoms with E-state index in [0.29, 0.717) is 5.56 Å². The zero-order chi connectivity index (χ0) is 11.7. The molecule has 5 heteroatoms. The minimum atomic E-state index is -1.05. The van der Waals surface area contributed by atoms with Crippen molar-refractivity contribution in [1.82, 2.24) is 4.90 Å². The van der Waals surface area contributed by atoms with Crippen molar-refractivity contribution in [3.63, 3.8) is 0 Å². The minimum Gasteiger partial charge on any atom is -0.480 e. The second kappa shape index (κ2) is 3.94. The Morgan fingerprint density at radius 1 is 1.50 bits per heavy atom. The van der Waals surface area contributed by atoms with Crippen LogP contribution in [0.15, 0.2) is 24.3 Å². The highest BCUT2D eigenvalue weighted by molar-refractivity contribution is 5.98. The molecule has 0 radical (unpaired) electrons. The fraction of sp³-hybridized carbons (Fsp3) is 0.273. The molecule has 1 aliphatic heterocycles. The lowest BCUT2D eigenvalue weighted by atomic mass is 10.1. The predicted molar refractivity (Wildman–Crippen MR) is 54.9 cm³/mol. The highest BCUT2D eigenvalue weighted by Gasteiger charge is 2.34. The SMILES string of the molecule is CN1C(=O)c2ccccc2[C@H]1OCC(=O)O. The van der Waals surface area contributed by atoms with E-state index in [0.717, 1.165) is 5.56 Å². The molecule has 1 aromatic rings. The molecule has 2 rings (SSSR count). The van der Waals surface area contributed by atoms with Gasteiger partial charge in [-0.2, -0.15) is 0 Å². The van der Waals surface area contributed by atoms with Crippen molar-refractivity contribution in [3.05, 3.63) is 35.4 Å². The highest BCUT2D eigenvalue weighted by atomic mass is 16.5. The van der Waals surface area contributed by atoms with Crippen molar-refractivity contribution in [3.8, 4) is 0 Å². The Balaban J connectivity index is 2.26. The maximum Gasteiger partial charge on any atom is 0.329 e. The molecule has 0 unspecified atom stereocenters. The summed E-state index contributed by atoms with van der Waals surface area (Å²) in [5.41, 5.74) is 1.29. The number of carboxylic acid groups (broad SMARTS) is 1. The molecule has 1 aliphatic rings. The summed E-state index contributed by atoms with van der Waals surface area (Å²) in [6, 6.07) is 7.04. The fourth-order valence-electron chi connectivity index (χ4n) is 1.76. The Morgan fingerprint density at radius 2 is 2.19 bits per heavy atom. The van der Waals surface area contributed by atoms with Gasteiger partial charge in [0.15, 0.2) is 6.23 Å². The Labute approximate surface area is 92.2 Å². The van der Waals surface area contributed by atoms with Gasteiger partial charge in [-0.3, -0.25) is 4.79 Å². The van der Waals surface area contributed by atoms with Crippen LogP contribution >= 0.6 is 0 Å². The molecule has 0 bridgehead atoms. The van der Waals surface area contributed by atoms with Crippen LogP contribution < -0.4 is 0 Å². The number of carboxylic acids is 1. The third kappa shape index (κ3) is 1.65. The Bertz CT molecular complexity index is 443. The molecule has 0 saturated heterocycles. The second-order valence-electron chi connectivity index (χ2n) is 3.56. The van der Waals surface area contributed by atoms with E-state index in [9.17, 15) is 9.59 Å². The summed E-state index contributed by atoms with van der Waals surface area (Å²) in [6.45, 7) is -0.420. The lowest BCUT2D eigenvalue weighted by molar-refractivity contribution is -0.147. The van der Waals surface area contributed by atoms with E-state index in [1.165, 1.54) is 4.90 Å². The van der Waals surface area contributed by atoms with Gasteiger partial charge in [0.1, 0.15) is 6.61 Å². The first kappa shape index (κ1) is 10.6. The molecule has 0 aliphatic carbocycles. The summed E-state index contributed by atoms with van der Waals surface area (Å²) >= 11 is 0.